The van der Waals surface area contributed by atoms with Crippen LogP contribution in [-0.2, 0) is 6.18 Å². The van der Waals surface area contributed by atoms with Crippen LogP contribution in [0.15, 0.2) is 30.6 Å². The third-order valence-corrected chi connectivity index (χ3v) is 2.90. The number of hydrogen-bond acceptors (Lipinski definition) is 3. The van der Waals surface area contributed by atoms with Crippen LogP contribution < -0.4 is 0 Å². The van der Waals surface area contributed by atoms with Crippen LogP contribution in [0, 0.1) is 12.7 Å². The van der Waals surface area contributed by atoms with E-state index < -0.39 is 17.6 Å². The zero-order chi connectivity index (χ0) is 15.2. The molecule has 0 unspecified atom stereocenters. The summed E-state index contributed by atoms with van der Waals surface area (Å²) in [6.07, 6.45) is -2.03. The molecule has 2 heterocycles. The molecule has 0 spiro atoms. The lowest BCUT2D eigenvalue weighted by Crippen LogP contribution is -2.08. The molecule has 3 rings (SSSR count). The zero-order valence-corrected chi connectivity index (χ0v) is 10.7. The van der Waals surface area contributed by atoms with Crippen molar-refractivity contribution < 1.29 is 17.6 Å². The van der Waals surface area contributed by atoms with Crippen LogP contribution in [-0.4, -0.2) is 19.6 Å². The second kappa shape index (κ2) is 4.51. The monoisotopic (exact) mass is 296 g/mol. The number of halogens is 4. The highest BCUT2D eigenvalue weighted by Crippen LogP contribution is 2.37. The number of fused-ring (bicyclic) bond motifs is 1. The van der Waals surface area contributed by atoms with E-state index in [-0.39, 0.29) is 16.9 Å². The molecule has 8 heteroatoms. The maximum absolute atomic E-state index is 13.1. The molecule has 0 amide bonds. The lowest BCUT2D eigenvalue weighted by atomic mass is 10.0. The van der Waals surface area contributed by atoms with Crippen LogP contribution in [0.2, 0.25) is 0 Å². The molecule has 0 saturated carbocycles. The van der Waals surface area contributed by atoms with Crippen molar-refractivity contribution in [3.8, 4) is 11.1 Å². The van der Waals surface area contributed by atoms with Gasteiger partial charge in [0.05, 0.1) is 5.56 Å². The molecule has 0 saturated heterocycles. The first kappa shape index (κ1) is 13.5. The second-order valence-electron chi connectivity index (χ2n) is 4.43. The summed E-state index contributed by atoms with van der Waals surface area (Å²) in [6.45, 7) is 1.65. The zero-order valence-electron chi connectivity index (χ0n) is 10.7. The molecule has 0 bridgehead atoms. The van der Waals surface area contributed by atoms with E-state index >= 15 is 0 Å². The summed E-state index contributed by atoms with van der Waals surface area (Å²) in [4.78, 5) is 7.94. The molecule has 21 heavy (non-hydrogen) atoms. The van der Waals surface area contributed by atoms with E-state index in [1.165, 1.54) is 16.9 Å². The molecule has 0 atom stereocenters. The van der Waals surface area contributed by atoms with Gasteiger partial charge in [-0.25, -0.2) is 13.9 Å². The van der Waals surface area contributed by atoms with Crippen molar-refractivity contribution >= 4 is 5.78 Å². The predicted molar refractivity (Wildman–Crippen MR) is 65.9 cm³/mol. The number of hydrogen-bond donors (Lipinski definition) is 0. The van der Waals surface area contributed by atoms with Gasteiger partial charge in [-0.2, -0.15) is 23.3 Å². The van der Waals surface area contributed by atoms with Gasteiger partial charge in [-0.15, -0.1) is 0 Å². The molecule has 0 aliphatic carbocycles. The van der Waals surface area contributed by atoms with Crippen molar-refractivity contribution in [3.05, 3.63) is 47.8 Å². The Balaban J connectivity index is 2.22. The molecular weight excluding hydrogens is 288 g/mol. The molecule has 1 aromatic carbocycles. The SMILES string of the molecule is Cc1nc2ncc(-c3ccc(F)cc3C(F)(F)F)cn2n1. The number of aromatic nitrogens is 4. The van der Waals surface area contributed by atoms with Gasteiger partial charge < -0.3 is 0 Å². The Labute approximate surface area is 116 Å². The van der Waals surface area contributed by atoms with E-state index in [0.29, 0.717) is 11.9 Å². The quantitative estimate of drug-likeness (QED) is 0.647. The van der Waals surface area contributed by atoms with Crippen LogP contribution in [0.1, 0.15) is 11.4 Å². The Kier molecular flexibility index (Phi) is 2.89. The normalized spacial score (nSPS) is 12.0. The minimum Gasteiger partial charge on any atom is -0.219 e. The molecule has 0 N–H and O–H groups in total. The van der Waals surface area contributed by atoms with Gasteiger partial charge in [-0.3, -0.25) is 0 Å². The fraction of sp³-hybridized carbons (Fsp3) is 0.154. The Morgan fingerprint density at radius 3 is 2.67 bits per heavy atom. The highest BCUT2D eigenvalue weighted by Gasteiger charge is 2.34. The third-order valence-electron chi connectivity index (χ3n) is 2.90. The molecule has 4 nitrogen and oxygen atoms in total. The fourth-order valence-electron chi connectivity index (χ4n) is 2.03. The highest BCUT2D eigenvalue weighted by atomic mass is 19.4. The largest absolute Gasteiger partial charge is 0.417 e. The van der Waals surface area contributed by atoms with Gasteiger partial charge in [0.15, 0.2) is 0 Å². The van der Waals surface area contributed by atoms with E-state index in [2.05, 4.69) is 15.1 Å². The maximum atomic E-state index is 13.1. The van der Waals surface area contributed by atoms with E-state index in [4.69, 9.17) is 0 Å². The lowest BCUT2D eigenvalue weighted by Gasteiger charge is -2.12. The van der Waals surface area contributed by atoms with Gasteiger partial charge >= 0.3 is 6.18 Å². The van der Waals surface area contributed by atoms with Crippen molar-refractivity contribution in [2.45, 2.75) is 13.1 Å². The van der Waals surface area contributed by atoms with Gasteiger partial charge in [-0.1, -0.05) is 6.07 Å². The Morgan fingerprint density at radius 1 is 1.19 bits per heavy atom. The van der Waals surface area contributed by atoms with Crippen LogP contribution in [0.25, 0.3) is 16.9 Å². The average Bonchev–Trinajstić information content (AvgIpc) is 2.76. The van der Waals surface area contributed by atoms with Gasteiger partial charge in [0, 0.05) is 18.0 Å². The topological polar surface area (TPSA) is 43.1 Å². The number of aryl methyl sites for hydroxylation is 1. The van der Waals surface area contributed by atoms with Crippen LogP contribution >= 0.6 is 0 Å². The van der Waals surface area contributed by atoms with E-state index in [9.17, 15) is 17.6 Å². The summed E-state index contributed by atoms with van der Waals surface area (Å²) in [6, 6.07) is 2.51. The number of benzene rings is 1. The first-order valence-electron chi connectivity index (χ1n) is 5.91. The smallest absolute Gasteiger partial charge is 0.219 e. The van der Waals surface area contributed by atoms with E-state index in [0.717, 1.165) is 12.1 Å². The van der Waals surface area contributed by atoms with Crippen LogP contribution in [0.4, 0.5) is 17.6 Å². The predicted octanol–water partition coefficient (Wildman–Crippen LogP) is 3.26. The maximum Gasteiger partial charge on any atom is 0.417 e. The summed E-state index contributed by atoms with van der Waals surface area (Å²) in [5.74, 6) is -0.210. The Bertz CT molecular complexity index is 823. The summed E-state index contributed by atoms with van der Waals surface area (Å²) in [5, 5.41) is 4.00. The van der Waals surface area contributed by atoms with Crippen molar-refractivity contribution in [1.29, 1.82) is 0 Å². The lowest BCUT2D eigenvalue weighted by molar-refractivity contribution is -0.137. The molecule has 108 valence electrons. The van der Waals surface area contributed by atoms with Crippen molar-refractivity contribution in [1.82, 2.24) is 19.6 Å². The number of alkyl halides is 3. The highest BCUT2D eigenvalue weighted by molar-refractivity contribution is 5.67. The summed E-state index contributed by atoms with van der Waals surface area (Å²) < 4.78 is 53.4. The molecule has 3 aromatic rings. The average molecular weight is 296 g/mol. The summed E-state index contributed by atoms with van der Waals surface area (Å²) >= 11 is 0. The molecular formula is C13H8F4N4. The second-order valence-corrected chi connectivity index (χ2v) is 4.43. The van der Waals surface area contributed by atoms with Crippen LogP contribution in [0.3, 0.4) is 0 Å². The summed E-state index contributed by atoms with van der Waals surface area (Å²) in [5.41, 5.74) is -1.04. The number of nitrogens with zero attached hydrogens (tertiary/aromatic N) is 4. The van der Waals surface area contributed by atoms with Gasteiger partial charge in [0.1, 0.15) is 11.6 Å². The molecule has 0 aliphatic heterocycles. The standard InChI is InChI=1S/C13H8F4N4/c1-7-19-12-18-5-8(6-21(12)20-7)10-3-2-9(14)4-11(10)13(15,16)17/h2-6H,1H3. The first-order valence-corrected chi connectivity index (χ1v) is 5.91. The minimum absolute atomic E-state index is 0.161. The number of rotatable bonds is 1. The minimum atomic E-state index is -4.66. The van der Waals surface area contributed by atoms with Crippen molar-refractivity contribution in [2.24, 2.45) is 0 Å². The molecule has 0 fully saturated rings. The van der Waals surface area contributed by atoms with Crippen molar-refractivity contribution in [2.75, 3.05) is 0 Å². The van der Waals surface area contributed by atoms with Gasteiger partial charge in [0.2, 0.25) is 0 Å². The Hall–Kier alpha value is -2.51. The summed E-state index contributed by atoms with van der Waals surface area (Å²) in [7, 11) is 0. The van der Waals surface area contributed by atoms with Crippen molar-refractivity contribution in [3.63, 3.8) is 0 Å². The molecule has 0 radical (unpaired) electrons. The van der Waals surface area contributed by atoms with E-state index in [1.54, 1.807) is 6.92 Å². The fourth-order valence-corrected chi connectivity index (χ4v) is 2.03. The Morgan fingerprint density at radius 2 is 1.95 bits per heavy atom. The van der Waals surface area contributed by atoms with Gasteiger partial charge in [0.25, 0.3) is 5.78 Å². The van der Waals surface area contributed by atoms with Crippen LogP contribution in [0.5, 0.6) is 0 Å². The third kappa shape index (κ3) is 2.44. The molecule has 2 aromatic heterocycles. The molecule has 0 aliphatic rings. The first-order chi connectivity index (χ1) is 9.84. The van der Waals surface area contributed by atoms with E-state index in [1.807, 2.05) is 0 Å². The van der Waals surface area contributed by atoms with Gasteiger partial charge in [-0.05, 0) is 24.6 Å².